The molecule has 0 aliphatic carbocycles. The number of esters is 1. The fourth-order valence-electron chi connectivity index (χ4n) is 2.04. The summed E-state index contributed by atoms with van der Waals surface area (Å²) in [5.74, 6) is -1.99. The number of ether oxygens (including phenoxy) is 1. The van der Waals surface area contributed by atoms with Gasteiger partial charge in [-0.15, -0.1) is 0 Å². The molecule has 2 aromatic carbocycles. The van der Waals surface area contributed by atoms with Crippen molar-refractivity contribution in [3.8, 4) is 5.75 Å². The van der Waals surface area contributed by atoms with Crippen molar-refractivity contribution < 1.29 is 23.8 Å². The van der Waals surface area contributed by atoms with Gasteiger partial charge in [0.25, 0.3) is 0 Å². The Balaban J connectivity index is 1.94. The maximum atomic E-state index is 12.0. The molecule has 23 heavy (non-hydrogen) atoms. The molecule has 0 amide bonds. The molecule has 0 unspecified atom stereocenters. The average molecular weight is 309 g/mol. The molecule has 6 heteroatoms. The number of carbonyl (C=O) groups is 2. The van der Waals surface area contributed by atoms with E-state index in [9.17, 15) is 19.5 Å². The minimum Gasteiger partial charge on any atom is -0.545 e. The molecule has 0 N–H and O–H groups in total. The molecule has 6 nitrogen and oxygen atoms in total. The van der Waals surface area contributed by atoms with E-state index in [1.54, 1.807) is 30.3 Å². The number of carboxylic acids is 1. The number of rotatable bonds is 3. The first-order valence-electron chi connectivity index (χ1n) is 6.61. The Bertz CT molecular complexity index is 956. The molecule has 1 heterocycles. The van der Waals surface area contributed by atoms with E-state index in [2.05, 4.69) is 0 Å². The molecule has 3 rings (SSSR count). The van der Waals surface area contributed by atoms with Crippen LogP contribution in [0.2, 0.25) is 0 Å². The summed E-state index contributed by atoms with van der Waals surface area (Å²) in [7, 11) is 0. The fraction of sp³-hybridized carbons (Fsp3) is 0. The molecule has 1 aromatic heterocycles. The maximum Gasteiger partial charge on any atom is 0.345 e. The van der Waals surface area contributed by atoms with Crippen molar-refractivity contribution in [3.63, 3.8) is 0 Å². The summed E-state index contributed by atoms with van der Waals surface area (Å²) in [6, 6.07) is 13.9. The number of carboxylic acid groups (broad SMARTS) is 1. The van der Waals surface area contributed by atoms with Gasteiger partial charge in [-0.2, -0.15) is 0 Å². The molecule has 0 saturated heterocycles. The quantitative estimate of drug-likeness (QED) is 0.412. The molecule has 0 bridgehead atoms. The van der Waals surface area contributed by atoms with Crippen LogP contribution in [0.15, 0.2) is 63.8 Å². The molecule has 114 valence electrons. The third kappa shape index (κ3) is 2.96. The van der Waals surface area contributed by atoms with Gasteiger partial charge in [0, 0.05) is 11.5 Å². The first-order chi connectivity index (χ1) is 11.0. The van der Waals surface area contributed by atoms with E-state index in [1.807, 2.05) is 0 Å². The molecule has 0 fully saturated rings. The van der Waals surface area contributed by atoms with Crippen molar-refractivity contribution in [2.45, 2.75) is 0 Å². The van der Waals surface area contributed by atoms with Gasteiger partial charge in [-0.25, -0.2) is 9.59 Å². The highest BCUT2D eigenvalue weighted by atomic mass is 16.5. The molecular formula is C17H9O6-. The summed E-state index contributed by atoms with van der Waals surface area (Å²) in [5.41, 5.74) is -1.10. The van der Waals surface area contributed by atoms with Crippen LogP contribution in [0.4, 0.5) is 0 Å². The van der Waals surface area contributed by atoms with Crippen LogP contribution in [0.25, 0.3) is 11.0 Å². The zero-order chi connectivity index (χ0) is 16.4. The number of fused-ring (bicyclic) bond motifs is 1. The largest absolute Gasteiger partial charge is 0.545 e. The normalized spacial score (nSPS) is 10.4. The smallest absolute Gasteiger partial charge is 0.345 e. The summed E-state index contributed by atoms with van der Waals surface area (Å²) in [6.45, 7) is 0. The van der Waals surface area contributed by atoms with Gasteiger partial charge in [-0.1, -0.05) is 18.2 Å². The van der Waals surface area contributed by atoms with Crippen LogP contribution >= 0.6 is 0 Å². The summed E-state index contributed by atoms with van der Waals surface area (Å²) in [4.78, 5) is 34.3. The molecule has 3 aromatic rings. The van der Waals surface area contributed by atoms with Crippen molar-refractivity contribution in [2.75, 3.05) is 0 Å². The first-order valence-corrected chi connectivity index (χ1v) is 6.61. The van der Waals surface area contributed by atoms with E-state index in [-0.39, 0.29) is 11.3 Å². The highest BCUT2D eigenvalue weighted by Crippen LogP contribution is 2.21. The zero-order valence-corrected chi connectivity index (χ0v) is 11.6. The van der Waals surface area contributed by atoms with Crippen molar-refractivity contribution in [3.05, 3.63) is 76.1 Å². The standard InChI is InChI=1S/C17H10O6/c18-15(19)13-8-11-6-7-12(9-14(11)23-17(13)21)22-16(20)10-4-2-1-3-5-10/h1-9H,(H,18,19)/p-1. The van der Waals surface area contributed by atoms with E-state index < -0.39 is 23.1 Å². The number of carbonyl (C=O) groups excluding carboxylic acids is 2. The molecule has 0 aliphatic heterocycles. The lowest BCUT2D eigenvalue weighted by Crippen LogP contribution is -2.28. The van der Waals surface area contributed by atoms with Crippen LogP contribution in [0.5, 0.6) is 5.75 Å². The van der Waals surface area contributed by atoms with E-state index in [0.717, 1.165) is 6.07 Å². The highest BCUT2D eigenvalue weighted by Gasteiger charge is 2.10. The molecule has 0 atom stereocenters. The Hall–Kier alpha value is -3.41. The van der Waals surface area contributed by atoms with Crippen molar-refractivity contribution in [1.29, 1.82) is 0 Å². The molecule has 0 saturated carbocycles. The second-order valence-corrected chi connectivity index (χ2v) is 4.69. The monoisotopic (exact) mass is 309 g/mol. The Morgan fingerprint density at radius 1 is 1.00 bits per heavy atom. The Morgan fingerprint density at radius 3 is 2.43 bits per heavy atom. The summed E-state index contributed by atoms with van der Waals surface area (Å²) in [5, 5.41) is 11.2. The van der Waals surface area contributed by atoms with Gasteiger partial charge in [-0.05, 0) is 30.3 Å². The topological polar surface area (TPSA) is 96.6 Å². The highest BCUT2D eigenvalue weighted by molar-refractivity contribution is 5.92. The lowest BCUT2D eigenvalue weighted by atomic mass is 10.2. The first kappa shape index (κ1) is 14.5. The Labute approximate surface area is 129 Å². The van der Waals surface area contributed by atoms with E-state index >= 15 is 0 Å². The average Bonchev–Trinajstić information content (AvgIpc) is 2.54. The van der Waals surface area contributed by atoms with Gasteiger partial charge >= 0.3 is 11.6 Å². The van der Waals surface area contributed by atoms with E-state index in [4.69, 9.17) is 9.15 Å². The zero-order valence-electron chi connectivity index (χ0n) is 11.6. The van der Waals surface area contributed by atoms with Crippen LogP contribution in [0.3, 0.4) is 0 Å². The summed E-state index contributed by atoms with van der Waals surface area (Å²) >= 11 is 0. The predicted octanol–water partition coefficient (Wildman–Crippen LogP) is 1.38. The van der Waals surface area contributed by atoms with Crippen LogP contribution < -0.4 is 15.5 Å². The van der Waals surface area contributed by atoms with Gasteiger partial charge in [0.2, 0.25) is 0 Å². The number of hydrogen-bond donors (Lipinski definition) is 0. The van der Waals surface area contributed by atoms with Gasteiger partial charge in [0.15, 0.2) is 0 Å². The van der Waals surface area contributed by atoms with Gasteiger partial charge in [0.05, 0.1) is 17.1 Å². The molecule has 0 spiro atoms. The summed E-state index contributed by atoms with van der Waals surface area (Å²) in [6.07, 6.45) is 0. The maximum absolute atomic E-state index is 12.0. The van der Waals surface area contributed by atoms with Crippen molar-refractivity contribution in [2.24, 2.45) is 0 Å². The fourth-order valence-corrected chi connectivity index (χ4v) is 2.04. The van der Waals surface area contributed by atoms with Gasteiger partial charge < -0.3 is 19.1 Å². The SMILES string of the molecule is O=C(Oc1ccc2cc(C(=O)[O-])c(=O)oc2c1)c1ccccc1. The summed E-state index contributed by atoms with van der Waals surface area (Å²) < 4.78 is 10.1. The number of aromatic carboxylic acids is 1. The second kappa shape index (κ2) is 5.76. The van der Waals surface area contributed by atoms with Crippen LogP contribution in [0.1, 0.15) is 20.7 Å². The predicted molar refractivity (Wildman–Crippen MR) is 78.2 cm³/mol. The van der Waals surface area contributed by atoms with Crippen LogP contribution in [-0.2, 0) is 0 Å². The van der Waals surface area contributed by atoms with Gasteiger partial charge in [0.1, 0.15) is 11.3 Å². The minimum atomic E-state index is -1.61. The van der Waals surface area contributed by atoms with Crippen molar-refractivity contribution in [1.82, 2.24) is 0 Å². The van der Waals surface area contributed by atoms with Gasteiger partial charge in [-0.3, -0.25) is 0 Å². The Morgan fingerprint density at radius 2 is 1.74 bits per heavy atom. The lowest BCUT2D eigenvalue weighted by molar-refractivity contribution is -0.255. The molecular weight excluding hydrogens is 300 g/mol. The Kier molecular flexibility index (Phi) is 3.64. The lowest BCUT2D eigenvalue weighted by Gasteiger charge is -2.06. The number of benzene rings is 2. The molecule has 0 aliphatic rings. The van der Waals surface area contributed by atoms with Crippen LogP contribution in [0, 0.1) is 0 Å². The molecule has 0 radical (unpaired) electrons. The number of hydrogen-bond acceptors (Lipinski definition) is 6. The van der Waals surface area contributed by atoms with E-state index in [1.165, 1.54) is 18.2 Å². The van der Waals surface area contributed by atoms with E-state index in [0.29, 0.717) is 10.9 Å². The third-order valence-electron chi connectivity index (χ3n) is 3.15. The second-order valence-electron chi connectivity index (χ2n) is 4.69. The van der Waals surface area contributed by atoms with Crippen LogP contribution in [-0.4, -0.2) is 11.9 Å². The third-order valence-corrected chi connectivity index (χ3v) is 3.15. The minimum absolute atomic E-state index is 0.110. The van der Waals surface area contributed by atoms with Crippen molar-refractivity contribution >= 4 is 22.9 Å².